The lowest BCUT2D eigenvalue weighted by Gasteiger charge is -2.20. The van der Waals surface area contributed by atoms with Crippen molar-refractivity contribution >= 4 is 11.8 Å². The number of hydrogen-bond acceptors (Lipinski definition) is 2. The van der Waals surface area contributed by atoms with E-state index in [0.717, 1.165) is 29.6 Å². The van der Waals surface area contributed by atoms with E-state index >= 15 is 0 Å². The normalized spacial score (nSPS) is 25.8. The van der Waals surface area contributed by atoms with Crippen molar-refractivity contribution in [1.29, 1.82) is 0 Å². The molecule has 100 valence electrons. The maximum absolute atomic E-state index is 12.7. The van der Waals surface area contributed by atoms with Gasteiger partial charge in [-0.1, -0.05) is 12.1 Å². The summed E-state index contributed by atoms with van der Waals surface area (Å²) in [5.41, 5.74) is 0.162. The second-order valence-electron chi connectivity index (χ2n) is 4.61. The van der Waals surface area contributed by atoms with E-state index in [1.165, 1.54) is 12.1 Å². The van der Waals surface area contributed by atoms with E-state index in [2.05, 4.69) is 12.2 Å². The first-order valence-electron chi connectivity index (χ1n) is 5.98. The predicted molar refractivity (Wildman–Crippen MR) is 68.7 cm³/mol. The summed E-state index contributed by atoms with van der Waals surface area (Å²) in [6, 6.07) is 5.99. The van der Waals surface area contributed by atoms with Gasteiger partial charge >= 0.3 is 6.18 Å². The van der Waals surface area contributed by atoms with Gasteiger partial charge < -0.3 is 5.32 Å². The van der Waals surface area contributed by atoms with Gasteiger partial charge in [0.05, 0.1) is 5.56 Å². The van der Waals surface area contributed by atoms with Crippen molar-refractivity contribution in [3.05, 3.63) is 35.4 Å². The average molecular weight is 275 g/mol. The molecule has 0 aromatic heterocycles. The van der Waals surface area contributed by atoms with E-state index in [-0.39, 0.29) is 6.04 Å². The molecule has 1 N–H and O–H groups in total. The Bertz CT molecular complexity index is 405. The Labute approximate surface area is 109 Å². The quantitative estimate of drug-likeness (QED) is 0.835. The Balaban J connectivity index is 2.22. The highest BCUT2D eigenvalue weighted by molar-refractivity contribution is 7.99. The second kappa shape index (κ2) is 5.53. The van der Waals surface area contributed by atoms with Gasteiger partial charge in [0.1, 0.15) is 0 Å². The largest absolute Gasteiger partial charge is 0.416 e. The topological polar surface area (TPSA) is 12.0 Å². The van der Waals surface area contributed by atoms with Gasteiger partial charge in [-0.2, -0.15) is 24.9 Å². The molecule has 2 atom stereocenters. The third-order valence-electron chi connectivity index (χ3n) is 3.08. The summed E-state index contributed by atoms with van der Waals surface area (Å²) < 4.78 is 38.0. The van der Waals surface area contributed by atoms with Crippen molar-refractivity contribution in [3.63, 3.8) is 0 Å². The summed E-state index contributed by atoms with van der Waals surface area (Å²) in [4.78, 5) is 0. The van der Waals surface area contributed by atoms with Crippen molar-refractivity contribution in [2.75, 3.05) is 11.5 Å². The van der Waals surface area contributed by atoms with Crippen LogP contribution in [0.25, 0.3) is 0 Å². The Morgan fingerprint density at radius 2 is 2.11 bits per heavy atom. The molecule has 1 nitrogen and oxygen atoms in total. The van der Waals surface area contributed by atoms with E-state index in [4.69, 9.17) is 0 Å². The van der Waals surface area contributed by atoms with Gasteiger partial charge in [0, 0.05) is 17.8 Å². The van der Waals surface area contributed by atoms with Gasteiger partial charge in [0.2, 0.25) is 0 Å². The molecular formula is C13H16F3NS. The predicted octanol–water partition coefficient (Wildman–Crippen LogP) is 3.86. The zero-order valence-corrected chi connectivity index (χ0v) is 10.9. The molecule has 18 heavy (non-hydrogen) atoms. The van der Waals surface area contributed by atoms with Crippen LogP contribution >= 0.6 is 11.8 Å². The maximum atomic E-state index is 12.7. The lowest BCUT2D eigenvalue weighted by Crippen LogP contribution is -2.30. The molecule has 1 aliphatic heterocycles. The van der Waals surface area contributed by atoms with Crippen molar-refractivity contribution in [2.45, 2.75) is 31.6 Å². The van der Waals surface area contributed by atoms with Crippen molar-refractivity contribution in [1.82, 2.24) is 5.32 Å². The summed E-state index contributed by atoms with van der Waals surface area (Å²) in [6.45, 7) is 2.08. The molecule has 1 aromatic carbocycles. The molecule has 2 unspecified atom stereocenters. The van der Waals surface area contributed by atoms with Crippen LogP contribution in [0.5, 0.6) is 0 Å². The molecule has 2 rings (SSSR count). The summed E-state index contributed by atoms with van der Waals surface area (Å²) in [5, 5.41) is 3.39. The van der Waals surface area contributed by atoms with Gasteiger partial charge in [0.15, 0.2) is 0 Å². The fourth-order valence-electron chi connectivity index (χ4n) is 2.06. The zero-order chi connectivity index (χ0) is 13.2. The van der Waals surface area contributed by atoms with Crippen LogP contribution in [0, 0.1) is 0 Å². The Hall–Kier alpha value is -0.680. The third kappa shape index (κ3) is 3.42. The number of halogens is 3. The Morgan fingerprint density at radius 1 is 1.33 bits per heavy atom. The number of alkyl halides is 3. The van der Waals surface area contributed by atoms with Crippen LogP contribution in [-0.4, -0.2) is 17.5 Å². The van der Waals surface area contributed by atoms with E-state index in [1.807, 2.05) is 0 Å². The first-order chi connectivity index (χ1) is 8.47. The smallest absolute Gasteiger partial charge is 0.307 e. The summed E-state index contributed by atoms with van der Waals surface area (Å²) in [6.07, 6.45) is -3.21. The summed E-state index contributed by atoms with van der Waals surface area (Å²) in [5.74, 6) is 1.88. The average Bonchev–Trinajstić information content (AvgIpc) is 2.53. The van der Waals surface area contributed by atoms with Gasteiger partial charge in [0.25, 0.3) is 0 Å². The molecule has 0 spiro atoms. The minimum Gasteiger partial charge on any atom is -0.307 e. The molecule has 5 heteroatoms. The van der Waals surface area contributed by atoms with Gasteiger partial charge in [-0.3, -0.25) is 0 Å². The Kier molecular flexibility index (Phi) is 4.22. The molecule has 0 aliphatic carbocycles. The summed E-state index contributed by atoms with van der Waals surface area (Å²) in [7, 11) is 0. The minimum absolute atomic E-state index is 0.00907. The van der Waals surface area contributed by atoms with Crippen LogP contribution in [0.15, 0.2) is 24.3 Å². The van der Waals surface area contributed by atoms with E-state index in [9.17, 15) is 13.2 Å². The van der Waals surface area contributed by atoms with Crippen LogP contribution in [-0.2, 0) is 6.18 Å². The summed E-state index contributed by atoms with van der Waals surface area (Å²) >= 11 is 1.79. The molecule has 0 amide bonds. The highest BCUT2D eigenvalue weighted by Gasteiger charge is 2.31. The minimum atomic E-state index is -4.26. The van der Waals surface area contributed by atoms with Gasteiger partial charge in [-0.15, -0.1) is 0 Å². The number of thioether (sulfide) groups is 1. The molecule has 0 radical (unpaired) electrons. The Morgan fingerprint density at radius 3 is 2.83 bits per heavy atom. The number of benzene rings is 1. The van der Waals surface area contributed by atoms with Gasteiger partial charge in [-0.25, -0.2) is 0 Å². The highest BCUT2D eigenvalue weighted by Crippen LogP contribution is 2.32. The number of hydrogen-bond donors (Lipinski definition) is 1. The lowest BCUT2D eigenvalue weighted by molar-refractivity contribution is -0.137. The standard InChI is InChI=1S/C13H16F3NS/c1-9-5-6-18-8-12(17-9)10-3-2-4-11(7-10)13(14,15)16/h2-4,7,9,12,17H,5-6,8H2,1H3. The molecule has 1 heterocycles. The van der Waals surface area contributed by atoms with Gasteiger partial charge in [-0.05, 0) is 36.8 Å². The number of rotatable bonds is 1. The van der Waals surface area contributed by atoms with Crippen LogP contribution in [0.3, 0.4) is 0 Å². The highest BCUT2D eigenvalue weighted by atomic mass is 32.2. The zero-order valence-electron chi connectivity index (χ0n) is 10.1. The van der Waals surface area contributed by atoms with Crippen LogP contribution < -0.4 is 5.32 Å². The first kappa shape index (κ1) is 13.7. The molecule has 1 aromatic rings. The molecule has 0 bridgehead atoms. The van der Waals surface area contributed by atoms with E-state index < -0.39 is 11.7 Å². The van der Waals surface area contributed by atoms with E-state index in [1.54, 1.807) is 17.8 Å². The maximum Gasteiger partial charge on any atom is 0.416 e. The lowest BCUT2D eigenvalue weighted by atomic mass is 10.0. The third-order valence-corrected chi connectivity index (χ3v) is 4.18. The fraction of sp³-hybridized carbons (Fsp3) is 0.538. The van der Waals surface area contributed by atoms with E-state index in [0.29, 0.717) is 6.04 Å². The second-order valence-corrected chi connectivity index (χ2v) is 5.76. The van der Waals surface area contributed by atoms with Crippen LogP contribution in [0.4, 0.5) is 13.2 Å². The first-order valence-corrected chi connectivity index (χ1v) is 7.13. The number of nitrogens with one attached hydrogen (secondary N) is 1. The molecular weight excluding hydrogens is 259 g/mol. The van der Waals surface area contributed by atoms with Crippen molar-refractivity contribution in [2.24, 2.45) is 0 Å². The van der Waals surface area contributed by atoms with Crippen molar-refractivity contribution < 1.29 is 13.2 Å². The molecule has 1 saturated heterocycles. The molecule has 1 fully saturated rings. The molecule has 1 aliphatic rings. The van der Waals surface area contributed by atoms with Crippen molar-refractivity contribution in [3.8, 4) is 0 Å². The fourth-order valence-corrected chi connectivity index (χ4v) is 3.27. The SMILES string of the molecule is CC1CCSCC(c2cccc(C(F)(F)F)c2)N1. The van der Waals surface area contributed by atoms with Crippen LogP contribution in [0.2, 0.25) is 0 Å². The van der Waals surface area contributed by atoms with Crippen LogP contribution in [0.1, 0.15) is 30.5 Å². The monoisotopic (exact) mass is 275 g/mol. The molecule has 0 saturated carbocycles.